The monoisotopic (exact) mass is 152 g/mol. The van der Waals surface area contributed by atoms with Crippen molar-refractivity contribution in [2.24, 2.45) is 0 Å². The van der Waals surface area contributed by atoms with Gasteiger partial charge in [-0.25, -0.2) is 0 Å². The Morgan fingerprint density at radius 3 is 1.88 bits per heavy atom. The van der Waals surface area contributed by atoms with Crippen LogP contribution >= 0.6 is 0 Å². The molecule has 0 heterocycles. The SMILES string of the molecule is O=S([O-])C1CC1.[Na+].[NaH]. The van der Waals surface area contributed by atoms with Crippen LogP contribution in [0.1, 0.15) is 12.8 Å². The van der Waals surface area contributed by atoms with Crippen molar-refractivity contribution in [1.29, 1.82) is 0 Å². The quantitative estimate of drug-likeness (QED) is 0.287. The Morgan fingerprint density at radius 2 is 1.88 bits per heavy atom. The maximum atomic E-state index is 9.76. The molecule has 0 spiro atoms. The van der Waals surface area contributed by atoms with Crippen molar-refractivity contribution in [3.05, 3.63) is 0 Å². The second-order valence-electron chi connectivity index (χ2n) is 1.46. The molecule has 1 unspecified atom stereocenters. The van der Waals surface area contributed by atoms with Gasteiger partial charge in [0.05, 0.1) is 0 Å². The molecular weight excluding hydrogens is 146 g/mol. The average molecular weight is 152 g/mol. The van der Waals surface area contributed by atoms with E-state index in [4.69, 9.17) is 0 Å². The van der Waals surface area contributed by atoms with Crippen LogP contribution in [-0.2, 0) is 11.1 Å². The van der Waals surface area contributed by atoms with Gasteiger partial charge < -0.3 is 4.55 Å². The van der Waals surface area contributed by atoms with Gasteiger partial charge in [-0.2, -0.15) is 0 Å². The van der Waals surface area contributed by atoms with Gasteiger partial charge in [0.15, 0.2) is 0 Å². The Bertz CT molecular complexity index is 83.4. The van der Waals surface area contributed by atoms with Crippen LogP contribution in [-0.4, -0.2) is 43.6 Å². The summed E-state index contributed by atoms with van der Waals surface area (Å²) in [6, 6.07) is 0. The summed E-state index contributed by atoms with van der Waals surface area (Å²) >= 11 is -1.76. The second kappa shape index (κ2) is 5.86. The van der Waals surface area contributed by atoms with Gasteiger partial charge in [-0.3, -0.25) is 4.21 Å². The third kappa shape index (κ3) is 4.94. The van der Waals surface area contributed by atoms with Crippen LogP contribution in [0.3, 0.4) is 0 Å². The molecule has 1 atom stereocenters. The maximum absolute atomic E-state index is 9.76. The molecule has 0 aromatic carbocycles. The molecule has 0 amide bonds. The van der Waals surface area contributed by atoms with Crippen molar-refractivity contribution >= 4 is 40.6 Å². The third-order valence-electron chi connectivity index (χ3n) is 0.797. The zero-order chi connectivity index (χ0) is 4.57. The normalized spacial score (nSPS) is 20.1. The van der Waals surface area contributed by atoms with Crippen molar-refractivity contribution in [3.63, 3.8) is 0 Å². The summed E-state index contributed by atoms with van der Waals surface area (Å²) < 4.78 is 19.5. The van der Waals surface area contributed by atoms with Crippen molar-refractivity contribution < 1.29 is 38.3 Å². The Morgan fingerprint density at radius 1 is 1.50 bits per heavy atom. The minimum atomic E-state index is -1.76. The van der Waals surface area contributed by atoms with Gasteiger partial charge in [-0.05, 0) is 12.8 Å². The van der Waals surface area contributed by atoms with Crippen molar-refractivity contribution in [3.8, 4) is 0 Å². The summed E-state index contributed by atoms with van der Waals surface area (Å²) in [6.07, 6.45) is 1.77. The van der Waals surface area contributed by atoms with Crippen LogP contribution < -0.4 is 29.6 Å². The Kier molecular flexibility index (Phi) is 9.35. The van der Waals surface area contributed by atoms with E-state index in [1.54, 1.807) is 0 Å². The average Bonchev–Trinajstić information content (AvgIpc) is 2.06. The Labute approximate surface area is 95.7 Å². The molecular formula is C3H6Na2O2S. The van der Waals surface area contributed by atoms with Gasteiger partial charge in [0.25, 0.3) is 0 Å². The van der Waals surface area contributed by atoms with Gasteiger partial charge in [-0.15, -0.1) is 0 Å². The van der Waals surface area contributed by atoms with E-state index in [0.717, 1.165) is 12.8 Å². The second-order valence-corrected chi connectivity index (χ2v) is 2.65. The van der Waals surface area contributed by atoms with Gasteiger partial charge in [0.2, 0.25) is 0 Å². The molecule has 5 heteroatoms. The van der Waals surface area contributed by atoms with Crippen LogP contribution in [0.2, 0.25) is 0 Å². The molecule has 8 heavy (non-hydrogen) atoms. The molecule has 0 N–H and O–H groups in total. The summed E-state index contributed by atoms with van der Waals surface area (Å²) in [6.45, 7) is 0. The number of hydrogen-bond acceptors (Lipinski definition) is 2. The molecule has 0 aromatic rings. The summed E-state index contributed by atoms with van der Waals surface area (Å²) in [5, 5.41) is 0.0185. The van der Waals surface area contributed by atoms with E-state index in [1.165, 1.54) is 0 Å². The zero-order valence-electron chi connectivity index (χ0n) is 4.22. The van der Waals surface area contributed by atoms with E-state index < -0.39 is 11.1 Å². The predicted molar refractivity (Wildman–Crippen MR) is 29.1 cm³/mol. The van der Waals surface area contributed by atoms with Gasteiger partial charge in [0.1, 0.15) is 0 Å². The molecule has 0 saturated heterocycles. The van der Waals surface area contributed by atoms with Gasteiger partial charge in [0, 0.05) is 5.25 Å². The summed E-state index contributed by atoms with van der Waals surface area (Å²) in [5.41, 5.74) is 0. The Hall–Kier alpha value is 2.11. The van der Waals surface area contributed by atoms with Crippen LogP contribution in [0.4, 0.5) is 0 Å². The van der Waals surface area contributed by atoms with Gasteiger partial charge in [-0.1, -0.05) is 11.1 Å². The van der Waals surface area contributed by atoms with Crippen LogP contribution in [0.15, 0.2) is 0 Å². The third-order valence-corrected chi connectivity index (χ3v) is 1.81. The molecule has 1 saturated carbocycles. The van der Waals surface area contributed by atoms with E-state index in [0.29, 0.717) is 0 Å². The first-order chi connectivity index (χ1) is 2.80. The van der Waals surface area contributed by atoms with E-state index in [-0.39, 0.29) is 64.4 Å². The van der Waals surface area contributed by atoms with Crippen LogP contribution in [0.5, 0.6) is 0 Å². The molecule has 38 valence electrons. The van der Waals surface area contributed by atoms with E-state index >= 15 is 0 Å². The Balaban J connectivity index is 0. The molecule has 0 radical (unpaired) electrons. The standard InChI is InChI=1S/C3H6O2S.2Na.H/c4-6(5)3-1-2-3;;;/h3H,1-2H2,(H,4,5);;;/q;;+1;/p-1. The minimum absolute atomic E-state index is 0. The molecule has 1 rings (SSSR count). The predicted octanol–water partition coefficient (Wildman–Crippen LogP) is -3.62. The first kappa shape index (κ1) is 12.8. The van der Waals surface area contributed by atoms with E-state index in [1.807, 2.05) is 0 Å². The van der Waals surface area contributed by atoms with Crippen LogP contribution in [0.25, 0.3) is 0 Å². The molecule has 0 bridgehead atoms. The van der Waals surface area contributed by atoms with Gasteiger partial charge >= 0.3 is 59.1 Å². The van der Waals surface area contributed by atoms with Crippen molar-refractivity contribution in [2.75, 3.05) is 0 Å². The molecule has 1 fully saturated rings. The topological polar surface area (TPSA) is 40.1 Å². The van der Waals surface area contributed by atoms with E-state index in [9.17, 15) is 8.76 Å². The fraction of sp³-hybridized carbons (Fsp3) is 1.00. The molecule has 1 aliphatic carbocycles. The van der Waals surface area contributed by atoms with Crippen molar-refractivity contribution in [2.45, 2.75) is 18.1 Å². The first-order valence-corrected chi connectivity index (χ1v) is 3.02. The molecule has 1 aliphatic rings. The zero-order valence-corrected chi connectivity index (χ0v) is 7.03. The van der Waals surface area contributed by atoms with Crippen molar-refractivity contribution in [1.82, 2.24) is 0 Å². The number of hydrogen-bond donors (Lipinski definition) is 0. The fourth-order valence-electron chi connectivity index (χ4n) is 0.260. The first-order valence-electron chi connectivity index (χ1n) is 1.89. The fourth-order valence-corrected chi connectivity index (χ4v) is 0.781. The summed E-state index contributed by atoms with van der Waals surface area (Å²) in [4.78, 5) is 0. The summed E-state index contributed by atoms with van der Waals surface area (Å²) in [5.74, 6) is 0. The molecule has 0 aliphatic heterocycles. The summed E-state index contributed by atoms with van der Waals surface area (Å²) in [7, 11) is 0. The van der Waals surface area contributed by atoms with Crippen LogP contribution in [0, 0.1) is 0 Å². The molecule has 0 aromatic heterocycles. The number of rotatable bonds is 1. The molecule has 2 nitrogen and oxygen atoms in total. The van der Waals surface area contributed by atoms with E-state index in [2.05, 4.69) is 0 Å².